The Bertz CT molecular complexity index is 661. The Morgan fingerprint density at radius 3 is 2.60 bits per heavy atom. The first kappa shape index (κ1) is 13.4. The number of benzene rings is 2. The lowest BCUT2D eigenvalue weighted by molar-refractivity contribution is 0.444. The molecule has 1 aliphatic rings. The van der Waals surface area contributed by atoms with Crippen molar-refractivity contribution in [3.05, 3.63) is 69.7 Å². The molecule has 2 aromatic carbocycles. The number of hydrogen-bond acceptors (Lipinski definition) is 2. The van der Waals surface area contributed by atoms with Crippen molar-refractivity contribution in [1.29, 1.82) is 0 Å². The fraction of sp³-hybridized carbons (Fsp3) is 0.176. The van der Waals surface area contributed by atoms with Gasteiger partial charge in [0.25, 0.3) is 0 Å². The summed E-state index contributed by atoms with van der Waals surface area (Å²) in [4.78, 5) is 0. The van der Waals surface area contributed by atoms with E-state index in [1.807, 2.05) is 24.3 Å². The van der Waals surface area contributed by atoms with Crippen LogP contribution in [0.25, 0.3) is 6.08 Å². The van der Waals surface area contributed by atoms with Gasteiger partial charge in [-0.2, -0.15) is 0 Å². The van der Waals surface area contributed by atoms with Gasteiger partial charge in [0, 0.05) is 15.7 Å². The van der Waals surface area contributed by atoms with Crippen molar-refractivity contribution in [3.63, 3.8) is 0 Å². The molecular formula is C17H17BrN2. The molecule has 0 fully saturated rings. The standard InChI is InChI=1S/C17H17BrN2/c18-14-8-6-12(7-9-14)11-17(20)10-2-4-13-3-1-5-15(19)16(13)17/h1-9H,10-11,19-20H2. The smallest absolute Gasteiger partial charge is 0.0511 e. The Hall–Kier alpha value is -1.58. The molecule has 102 valence electrons. The van der Waals surface area contributed by atoms with Crippen molar-refractivity contribution in [3.8, 4) is 0 Å². The van der Waals surface area contributed by atoms with Crippen molar-refractivity contribution >= 4 is 27.7 Å². The molecule has 2 aromatic rings. The second-order valence-electron chi connectivity index (χ2n) is 5.38. The normalized spacial score (nSPS) is 20.7. The lowest BCUT2D eigenvalue weighted by atomic mass is 9.76. The average molecular weight is 329 g/mol. The largest absolute Gasteiger partial charge is 0.398 e. The number of nitrogen functional groups attached to an aromatic ring is 1. The minimum atomic E-state index is -0.427. The second kappa shape index (κ2) is 5.08. The van der Waals surface area contributed by atoms with Crippen molar-refractivity contribution in [2.75, 3.05) is 5.73 Å². The number of anilines is 1. The van der Waals surface area contributed by atoms with Gasteiger partial charge in [-0.15, -0.1) is 0 Å². The van der Waals surface area contributed by atoms with Crippen molar-refractivity contribution in [1.82, 2.24) is 0 Å². The van der Waals surface area contributed by atoms with E-state index in [4.69, 9.17) is 11.5 Å². The van der Waals surface area contributed by atoms with E-state index in [0.717, 1.165) is 34.1 Å². The quantitative estimate of drug-likeness (QED) is 0.823. The van der Waals surface area contributed by atoms with Gasteiger partial charge < -0.3 is 11.5 Å². The summed E-state index contributed by atoms with van der Waals surface area (Å²) in [6, 6.07) is 14.3. The minimum absolute atomic E-state index is 0.427. The number of hydrogen-bond donors (Lipinski definition) is 2. The van der Waals surface area contributed by atoms with Crippen LogP contribution in [0.2, 0.25) is 0 Å². The lowest BCUT2D eigenvalue weighted by Gasteiger charge is -2.34. The summed E-state index contributed by atoms with van der Waals surface area (Å²) < 4.78 is 1.08. The maximum atomic E-state index is 6.70. The summed E-state index contributed by atoms with van der Waals surface area (Å²) >= 11 is 3.46. The van der Waals surface area contributed by atoms with E-state index in [0.29, 0.717) is 0 Å². The zero-order chi connectivity index (χ0) is 14.2. The highest BCUT2D eigenvalue weighted by Crippen LogP contribution is 2.38. The zero-order valence-electron chi connectivity index (χ0n) is 11.1. The van der Waals surface area contributed by atoms with Crippen molar-refractivity contribution in [2.45, 2.75) is 18.4 Å². The van der Waals surface area contributed by atoms with Gasteiger partial charge in [-0.1, -0.05) is 52.3 Å². The second-order valence-corrected chi connectivity index (χ2v) is 6.29. The van der Waals surface area contributed by atoms with Gasteiger partial charge >= 0.3 is 0 Å². The van der Waals surface area contributed by atoms with Crippen LogP contribution in [0.3, 0.4) is 0 Å². The Kier molecular flexibility index (Phi) is 3.40. The van der Waals surface area contributed by atoms with E-state index in [2.05, 4.69) is 46.3 Å². The molecule has 0 heterocycles. The molecule has 3 rings (SSSR count). The molecule has 0 amide bonds. The number of fused-ring (bicyclic) bond motifs is 1. The van der Waals surface area contributed by atoms with Crippen LogP contribution in [0.1, 0.15) is 23.1 Å². The Labute approximate surface area is 127 Å². The Balaban J connectivity index is 2.01. The molecule has 3 heteroatoms. The molecule has 0 aliphatic heterocycles. The van der Waals surface area contributed by atoms with Gasteiger partial charge in [-0.05, 0) is 42.2 Å². The third-order valence-electron chi connectivity index (χ3n) is 3.84. The van der Waals surface area contributed by atoms with Gasteiger partial charge in [0.05, 0.1) is 5.54 Å². The fourth-order valence-corrected chi connectivity index (χ4v) is 3.19. The predicted octanol–water partition coefficient (Wildman–Crippen LogP) is 3.84. The molecule has 2 nitrogen and oxygen atoms in total. The monoisotopic (exact) mass is 328 g/mol. The van der Waals surface area contributed by atoms with Gasteiger partial charge in [0.15, 0.2) is 0 Å². The maximum absolute atomic E-state index is 6.70. The maximum Gasteiger partial charge on any atom is 0.0511 e. The SMILES string of the molecule is Nc1cccc2c1C(N)(Cc1ccc(Br)cc1)CC=C2. The third kappa shape index (κ3) is 2.39. The first-order valence-corrected chi connectivity index (χ1v) is 7.47. The molecule has 0 saturated carbocycles. The van der Waals surface area contributed by atoms with Crippen LogP contribution >= 0.6 is 15.9 Å². The summed E-state index contributed by atoms with van der Waals surface area (Å²) in [5, 5.41) is 0. The van der Waals surface area contributed by atoms with Gasteiger partial charge in [0.1, 0.15) is 0 Å². The molecule has 0 bridgehead atoms. The van der Waals surface area contributed by atoms with Crippen molar-refractivity contribution in [2.24, 2.45) is 5.73 Å². The zero-order valence-corrected chi connectivity index (χ0v) is 12.7. The average Bonchev–Trinajstić information content (AvgIpc) is 2.41. The van der Waals surface area contributed by atoms with Crippen LogP contribution in [0, 0.1) is 0 Å². The molecule has 4 N–H and O–H groups in total. The highest BCUT2D eigenvalue weighted by atomic mass is 79.9. The highest BCUT2D eigenvalue weighted by Gasteiger charge is 2.32. The van der Waals surface area contributed by atoms with Gasteiger partial charge in [-0.3, -0.25) is 0 Å². The molecule has 0 spiro atoms. The summed E-state index contributed by atoms with van der Waals surface area (Å²) in [7, 11) is 0. The molecule has 0 aromatic heterocycles. The molecule has 1 unspecified atom stereocenters. The molecule has 20 heavy (non-hydrogen) atoms. The Morgan fingerprint density at radius 1 is 1.10 bits per heavy atom. The minimum Gasteiger partial charge on any atom is -0.398 e. The fourth-order valence-electron chi connectivity index (χ4n) is 2.93. The van der Waals surface area contributed by atoms with E-state index in [1.165, 1.54) is 5.56 Å². The van der Waals surface area contributed by atoms with Crippen LogP contribution in [-0.2, 0) is 12.0 Å². The third-order valence-corrected chi connectivity index (χ3v) is 4.37. The van der Waals surface area contributed by atoms with E-state index in [9.17, 15) is 0 Å². The first-order valence-electron chi connectivity index (χ1n) is 6.67. The van der Waals surface area contributed by atoms with Crippen LogP contribution in [0.4, 0.5) is 5.69 Å². The van der Waals surface area contributed by atoms with E-state index < -0.39 is 5.54 Å². The summed E-state index contributed by atoms with van der Waals surface area (Å²) in [5.41, 5.74) is 16.7. The number of nitrogens with two attached hydrogens (primary N) is 2. The van der Waals surface area contributed by atoms with Gasteiger partial charge in [-0.25, -0.2) is 0 Å². The topological polar surface area (TPSA) is 52.0 Å². The summed E-state index contributed by atoms with van der Waals surface area (Å²) in [6.45, 7) is 0. The van der Waals surface area contributed by atoms with Crippen LogP contribution < -0.4 is 11.5 Å². The number of halogens is 1. The molecule has 0 radical (unpaired) electrons. The Morgan fingerprint density at radius 2 is 1.85 bits per heavy atom. The molecule has 0 saturated heterocycles. The summed E-state index contributed by atoms with van der Waals surface area (Å²) in [5.74, 6) is 0. The summed E-state index contributed by atoms with van der Waals surface area (Å²) in [6.07, 6.45) is 5.84. The van der Waals surface area contributed by atoms with Crippen LogP contribution in [0.15, 0.2) is 53.0 Å². The predicted molar refractivity (Wildman–Crippen MR) is 88.2 cm³/mol. The first-order chi connectivity index (χ1) is 9.58. The lowest BCUT2D eigenvalue weighted by Crippen LogP contribution is -2.41. The molecular weight excluding hydrogens is 312 g/mol. The van der Waals surface area contributed by atoms with Crippen molar-refractivity contribution < 1.29 is 0 Å². The van der Waals surface area contributed by atoms with E-state index in [-0.39, 0.29) is 0 Å². The van der Waals surface area contributed by atoms with Crippen LogP contribution in [0.5, 0.6) is 0 Å². The van der Waals surface area contributed by atoms with E-state index in [1.54, 1.807) is 0 Å². The highest BCUT2D eigenvalue weighted by molar-refractivity contribution is 9.10. The van der Waals surface area contributed by atoms with Crippen LogP contribution in [-0.4, -0.2) is 0 Å². The van der Waals surface area contributed by atoms with E-state index >= 15 is 0 Å². The van der Waals surface area contributed by atoms with Gasteiger partial charge in [0.2, 0.25) is 0 Å². The molecule has 1 aliphatic carbocycles. The molecule has 1 atom stereocenters. The number of rotatable bonds is 2.